The van der Waals surface area contributed by atoms with Gasteiger partial charge in [0, 0.05) is 19.3 Å². The van der Waals surface area contributed by atoms with Gasteiger partial charge in [-0.3, -0.25) is 19.2 Å². The van der Waals surface area contributed by atoms with Gasteiger partial charge in [-0.05, 0) is 13.3 Å². The Labute approximate surface area is 170 Å². The van der Waals surface area contributed by atoms with Gasteiger partial charge in [-0.25, -0.2) is 0 Å². The second kappa shape index (κ2) is 11.6. The molecule has 29 heavy (non-hydrogen) atoms. The predicted octanol–water partition coefficient (Wildman–Crippen LogP) is 1.42. The lowest BCUT2D eigenvalue weighted by atomic mass is 9.78. The van der Waals surface area contributed by atoms with Crippen molar-refractivity contribution < 1.29 is 38.1 Å². The number of ether oxygens (including phenoxy) is 4. The van der Waals surface area contributed by atoms with Crippen molar-refractivity contribution in [3.8, 4) is 24.2 Å². The van der Waals surface area contributed by atoms with E-state index < -0.39 is 34.7 Å². The summed E-state index contributed by atoms with van der Waals surface area (Å²) < 4.78 is 18.9. The molecule has 0 atom stereocenters. The average Bonchev–Trinajstić information content (AvgIpc) is 2.71. The number of esters is 4. The third kappa shape index (κ3) is 5.86. The quantitative estimate of drug-likeness (QED) is 0.186. The van der Waals surface area contributed by atoms with E-state index in [0.717, 1.165) is 28.4 Å². The van der Waals surface area contributed by atoms with Crippen LogP contribution >= 0.6 is 0 Å². The molecule has 0 aliphatic heterocycles. The number of carbonyl (C=O) groups excluding carboxylic acids is 4. The molecule has 0 N–H and O–H groups in total. The van der Waals surface area contributed by atoms with Gasteiger partial charge in [0.2, 0.25) is 0 Å². The topological polar surface area (TPSA) is 105 Å². The Kier molecular flexibility index (Phi) is 10.3. The van der Waals surface area contributed by atoms with E-state index >= 15 is 0 Å². The van der Waals surface area contributed by atoms with E-state index in [2.05, 4.69) is 24.3 Å². The summed E-state index contributed by atoms with van der Waals surface area (Å²) in [6.07, 6.45) is 4.33. The van der Waals surface area contributed by atoms with Crippen LogP contribution < -0.4 is 0 Å². The maximum absolute atomic E-state index is 12.4. The summed E-state index contributed by atoms with van der Waals surface area (Å²) in [5, 5.41) is 0. The Bertz CT molecular complexity index is 728. The first-order valence-corrected chi connectivity index (χ1v) is 8.49. The number of rotatable bonds is 9. The Morgan fingerprint density at radius 1 is 0.759 bits per heavy atom. The fourth-order valence-electron chi connectivity index (χ4n) is 2.77. The van der Waals surface area contributed by atoms with Gasteiger partial charge in [-0.15, -0.1) is 30.8 Å². The van der Waals surface area contributed by atoms with Crippen molar-refractivity contribution in [2.45, 2.75) is 32.6 Å². The third-order valence-electron chi connectivity index (χ3n) is 4.22. The van der Waals surface area contributed by atoms with E-state index in [1.54, 1.807) is 6.92 Å². The molecule has 8 heteroatoms. The van der Waals surface area contributed by atoms with Gasteiger partial charge in [0.1, 0.15) is 0 Å². The van der Waals surface area contributed by atoms with Crippen LogP contribution in [0.3, 0.4) is 0 Å². The Hall–Kier alpha value is -3.26. The minimum atomic E-state index is -1.82. The fourth-order valence-corrected chi connectivity index (χ4v) is 2.77. The first-order valence-electron chi connectivity index (χ1n) is 8.49. The second-order valence-corrected chi connectivity index (χ2v) is 6.35. The van der Waals surface area contributed by atoms with Crippen LogP contribution in [0.2, 0.25) is 0 Å². The van der Waals surface area contributed by atoms with Gasteiger partial charge < -0.3 is 18.9 Å². The molecule has 0 aliphatic rings. The number of hydrogen-bond donors (Lipinski definition) is 0. The standard InChI is InChI=1S/C21H26O8/c1-8-11-20(16(22)26-4,17(23)27-5)12-9-10-13-21(14-15(2)3,18(24)28-6)19(25)29-7/h1H,2,11-14H2,3-7H3. The van der Waals surface area contributed by atoms with Crippen LogP contribution in [0.15, 0.2) is 12.2 Å². The highest BCUT2D eigenvalue weighted by molar-refractivity contribution is 6.01. The number of hydrogen-bond acceptors (Lipinski definition) is 8. The molecule has 0 fully saturated rings. The highest BCUT2D eigenvalue weighted by Gasteiger charge is 2.49. The maximum atomic E-state index is 12.4. The molecule has 0 aliphatic carbocycles. The molecule has 0 amide bonds. The predicted molar refractivity (Wildman–Crippen MR) is 103 cm³/mol. The number of methoxy groups -OCH3 is 4. The third-order valence-corrected chi connectivity index (χ3v) is 4.22. The molecule has 0 aromatic rings. The SMILES string of the molecule is C#CCC(CC#CCC(CC(=C)C)(C(=O)OC)C(=O)OC)(C(=O)OC)C(=O)OC. The summed E-state index contributed by atoms with van der Waals surface area (Å²) in [5.41, 5.74) is -3.01. The zero-order valence-corrected chi connectivity index (χ0v) is 17.4. The van der Waals surface area contributed by atoms with E-state index in [4.69, 9.17) is 25.4 Å². The van der Waals surface area contributed by atoms with E-state index in [1.807, 2.05) is 0 Å². The summed E-state index contributed by atoms with van der Waals surface area (Å²) in [4.78, 5) is 49.2. The summed E-state index contributed by atoms with van der Waals surface area (Å²) >= 11 is 0. The van der Waals surface area contributed by atoms with Gasteiger partial charge in [0.25, 0.3) is 0 Å². The van der Waals surface area contributed by atoms with Crippen molar-refractivity contribution in [1.82, 2.24) is 0 Å². The Morgan fingerprint density at radius 3 is 1.41 bits per heavy atom. The monoisotopic (exact) mass is 406 g/mol. The lowest BCUT2D eigenvalue weighted by molar-refractivity contribution is -0.170. The first-order chi connectivity index (χ1) is 13.6. The van der Waals surface area contributed by atoms with Crippen LogP contribution in [-0.2, 0) is 38.1 Å². The molecular weight excluding hydrogens is 380 g/mol. The van der Waals surface area contributed by atoms with Crippen LogP contribution in [0, 0.1) is 35.0 Å². The van der Waals surface area contributed by atoms with E-state index in [-0.39, 0.29) is 25.7 Å². The highest BCUT2D eigenvalue weighted by atomic mass is 16.6. The Morgan fingerprint density at radius 2 is 1.10 bits per heavy atom. The molecule has 0 aromatic heterocycles. The first kappa shape index (κ1) is 25.7. The lowest BCUT2D eigenvalue weighted by Crippen LogP contribution is -2.41. The minimum absolute atomic E-state index is 0.0511. The normalized spacial score (nSPS) is 10.5. The van der Waals surface area contributed by atoms with Crippen molar-refractivity contribution in [2.24, 2.45) is 10.8 Å². The van der Waals surface area contributed by atoms with Crippen LogP contribution in [0.25, 0.3) is 0 Å². The van der Waals surface area contributed by atoms with Crippen LogP contribution in [-0.4, -0.2) is 52.3 Å². The van der Waals surface area contributed by atoms with E-state index in [9.17, 15) is 19.2 Å². The molecule has 158 valence electrons. The molecule has 0 bridgehead atoms. The average molecular weight is 406 g/mol. The largest absolute Gasteiger partial charge is 0.468 e. The van der Waals surface area contributed by atoms with Crippen molar-refractivity contribution in [2.75, 3.05) is 28.4 Å². The molecule has 0 radical (unpaired) electrons. The molecular formula is C21H26O8. The van der Waals surface area contributed by atoms with E-state index in [0.29, 0.717) is 5.57 Å². The molecule has 0 heterocycles. The maximum Gasteiger partial charge on any atom is 0.325 e. The zero-order chi connectivity index (χ0) is 22.7. The number of terminal acetylenes is 1. The lowest BCUT2D eigenvalue weighted by Gasteiger charge is -2.26. The van der Waals surface area contributed by atoms with E-state index in [1.165, 1.54) is 0 Å². The summed E-state index contributed by atoms with van der Waals surface area (Å²) in [7, 11) is 4.49. The van der Waals surface area contributed by atoms with Gasteiger partial charge in [0.15, 0.2) is 10.8 Å². The molecule has 0 rings (SSSR count). The van der Waals surface area contributed by atoms with Crippen LogP contribution in [0.4, 0.5) is 0 Å². The Balaban J connectivity index is 6.04. The van der Waals surface area contributed by atoms with Gasteiger partial charge in [-0.2, -0.15) is 0 Å². The van der Waals surface area contributed by atoms with Crippen LogP contribution in [0.5, 0.6) is 0 Å². The summed E-state index contributed by atoms with van der Waals surface area (Å²) in [5.74, 6) is 4.07. The van der Waals surface area contributed by atoms with Gasteiger partial charge in [0.05, 0.1) is 28.4 Å². The number of allylic oxidation sites excluding steroid dienone is 1. The fraction of sp³-hybridized carbons (Fsp3) is 0.524. The van der Waals surface area contributed by atoms with Crippen molar-refractivity contribution in [3.05, 3.63) is 12.2 Å². The summed E-state index contributed by atoms with van der Waals surface area (Å²) in [6.45, 7) is 5.36. The summed E-state index contributed by atoms with van der Waals surface area (Å²) in [6, 6.07) is 0. The van der Waals surface area contributed by atoms with Gasteiger partial charge in [-0.1, -0.05) is 5.57 Å². The van der Waals surface area contributed by atoms with Crippen molar-refractivity contribution in [1.29, 1.82) is 0 Å². The van der Waals surface area contributed by atoms with Crippen LogP contribution in [0.1, 0.15) is 32.6 Å². The molecule has 0 unspecified atom stereocenters. The second-order valence-electron chi connectivity index (χ2n) is 6.35. The highest BCUT2D eigenvalue weighted by Crippen LogP contribution is 2.34. The molecule has 8 nitrogen and oxygen atoms in total. The molecule has 0 aromatic carbocycles. The van der Waals surface area contributed by atoms with Crippen molar-refractivity contribution >= 4 is 23.9 Å². The smallest absolute Gasteiger partial charge is 0.325 e. The minimum Gasteiger partial charge on any atom is -0.468 e. The zero-order valence-electron chi connectivity index (χ0n) is 17.4. The number of carbonyl (C=O) groups is 4. The molecule has 0 spiro atoms. The van der Waals surface area contributed by atoms with Crippen molar-refractivity contribution in [3.63, 3.8) is 0 Å². The molecule has 0 saturated heterocycles. The molecule has 0 saturated carbocycles. The van der Waals surface area contributed by atoms with Gasteiger partial charge >= 0.3 is 23.9 Å².